The van der Waals surface area contributed by atoms with Gasteiger partial charge in [-0.15, -0.1) is 0 Å². The summed E-state index contributed by atoms with van der Waals surface area (Å²) in [5.74, 6) is -4.90. The molecule has 2 atom stereocenters. The molecule has 0 saturated heterocycles. The Balaban J connectivity index is 3.92. The molecule has 0 heterocycles. The highest BCUT2D eigenvalue weighted by atomic mass is 16.4. The minimum absolute atomic E-state index is 0.0436. The molecule has 14 heteroatoms. The Bertz CT molecular complexity index is 884. The van der Waals surface area contributed by atoms with Crippen LogP contribution < -0.4 is 21.3 Å². The number of rotatable bonds is 30. The van der Waals surface area contributed by atoms with Gasteiger partial charge < -0.3 is 36.6 Å². The third-order valence-electron chi connectivity index (χ3n) is 7.07. The van der Waals surface area contributed by atoms with Crippen LogP contribution in [-0.4, -0.2) is 82.5 Å². The van der Waals surface area contributed by atoms with E-state index in [2.05, 4.69) is 21.3 Å². The average Bonchev–Trinajstić information content (AvgIpc) is 2.96. The third kappa shape index (κ3) is 24.8. The molecule has 44 heavy (non-hydrogen) atoms. The van der Waals surface area contributed by atoms with Gasteiger partial charge >= 0.3 is 17.9 Å². The predicted octanol–water partition coefficient (Wildman–Crippen LogP) is 2.48. The molecule has 0 saturated carbocycles. The number of carboxylic acid groups (broad SMARTS) is 3. The molecule has 4 amide bonds. The highest BCUT2D eigenvalue weighted by Gasteiger charge is 2.22. The summed E-state index contributed by atoms with van der Waals surface area (Å²) in [6, 6.07) is -2.50. The van der Waals surface area contributed by atoms with E-state index in [0.29, 0.717) is 12.8 Å². The summed E-state index contributed by atoms with van der Waals surface area (Å²) >= 11 is 0. The molecule has 2 unspecified atom stereocenters. The van der Waals surface area contributed by atoms with Crippen molar-refractivity contribution in [3.8, 4) is 0 Å². The molecule has 0 bridgehead atoms. The Labute approximate surface area is 259 Å². The molecule has 0 radical (unpaired) electrons. The molecule has 0 aromatic heterocycles. The quantitative estimate of drug-likeness (QED) is 0.0454. The van der Waals surface area contributed by atoms with E-state index in [4.69, 9.17) is 5.11 Å². The molecule has 0 aliphatic rings. The first-order valence-electron chi connectivity index (χ1n) is 15.8. The average molecular weight is 629 g/mol. The van der Waals surface area contributed by atoms with E-state index < -0.39 is 48.4 Å². The maximum atomic E-state index is 12.2. The van der Waals surface area contributed by atoms with Gasteiger partial charge in [-0.25, -0.2) is 9.59 Å². The van der Waals surface area contributed by atoms with Crippen LogP contribution in [0.5, 0.6) is 0 Å². The lowest BCUT2D eigenvalue weighted by atomic mass is 10.0. The number of unbranched alkanes of at least 4 members (excludes halogenated alkanes) is 13. The van der Waals surface area contributed by atoms with E-state index in [-0.39, 0.29) is 44.6 Å². The van der Waals surface area contributed by atoms with Gasteiger partial charge in [0.1, 0.15) is 12.1 Å². The van der Waals surface area contributed by atoms with Crippen LogP contribution in [0.15, 0.2) is 0 Å². The van der Waals surface area contributed by atoms with Crippen LogP contribution in [0.4, 0.5) is 0 Å². The lowest BCUT2D eigenvalue weighted by Gasteiger charge is -2.16. The molecule has 0 aliphatic carbocycles. The largest absolute Gasteiger partial charge is 0.481 e. The number of carbonyl (C=O) groups excluding carboxylic acids is 4. The van der Waals surface area contributed by atoms with Crippen molar-refractivity contribution < 1.29 is 48.9 Å². The zero-order valence-corrected chi connectivity index (χ0v) is 25.8. The SMILES string of the molecule is O=CNCC(=O)NC(CCC(=O)NCCC(NC(=O)CCCCCCCCCCCCCCCCC(=O)O)C(=O)O)C(=O)O. The molecule has 0 aromatic carbocycles. The first-order chi connectivity index (χ1) is 21.1. The van der Waals surface area contributed by atoms with Gasteiger partial charge in [0.15, 0.2) is 0 Å². The van der Waals surface area contributed by atoms with Gasteiger partial charge in [0.05, 0.1) is 6.54 Å². The fraction of sp³-hybridized carbons (Fsp3) is 0.767. The molecule has 0 aromatic rings. The number of hydrogen-bond acceptors (Lipinski definition) is 7. The molecule has 7 N–H and O–H groups in total. The number of nitrogens with one attached hydrogen (secondary N) is 4. The summed E-state index contributed by atoms with van der Waals surface area (Å²) in [5, 5.41) is 36.5. The van der Waals surface area contributed by atoms with Crippen molar-refractivity contribution in [1.29, 1.82) is 0 Å². The standard InChI is InChI=1S/C30H52N4O10/c35-22-31-21-27(38)34-23(29(41)42)17-18-25(36)32-20-19-24(30(43)44)33-26(37)15-13-11-9-7-5-3-1-2-4-6-8-10-12-14-16-28(39)40/h22-24H,1-21H2,(H,31,35)(H,32,36)(H,33,37)(H,34,38)(H,39,40)(H,41,42)(H,43,44). The van der Waals surface area contributed by atoms with Gasteiger partial charge in [-0.3, -0.25) is 24.0 Å². The van der Waals surface area contributed by atoms with Crippen LogP contribution in [0.2, 0.25) is 0 Å². The summed E-state index contributed by atoms with van der Waals surface area (Å²) in [7, 11) is 0. The van der Waals surface area contributed by atoms with Gasteiger partial charge in [0, 0.05) is 25.8 Å². The molecule has 0 spiro atoms. The van der Waals surface area contributed by atoms with Crippen LogP contribution in [0.25, 0.3) is 0 Å². The van der Waals surface area contributed by atoms with E-state index in [1.165, 1.54) is 38.5 Å². The number of carboxylic acids is 3. The highest BCUT2D eigenvalue weighted by molar-refractivity contribution is 5.86. The maximum absolute atomic E-state index is 12.2. The van der Waals surface area contributed by atoms with Crippen molar-refractivity contribution in [3.63, 3.8) is 0 Å². The lowest BCUT2D eigenvalue weighted by Crippen LogP contribution is -2.45. The fourth-order valence-corrected chi connectivity index (χ4v) is 4.56. The molecule has 14 nitrogen and oxygen atoms in total. The van der Waals surface area contributed by atoms with Gasteiger partial charge in [0.2, 0.25) is 24.1 Å². The van der Waals surface area contributed by atoms with Crippen molar-refractivity contribution >= 4 is 42.0 Å². The highest BCUT2D eigenvalue weighted by Crippen LogP contribution is 2.14. The summed E-state index contributed by atoms with van der Waals surface area (Å²) < 4.78 is 0. The number of hydrogen-bond donors (Lipinski definition) is 7. The van der Waals surface area contributed by atoms with E-state index >= 15 is 0 Å². The smallest absolute Gasteiger partial charge is 0.326 e. The zero-order chi connectivity index (χ0) is 33.0. The minimum Gasteiger partial charge on any atom is -0.481 e. The van der Waals surface area contributed by atoms with Crippen molar-refractivity contribution in [2.75, 3.05) is 13.1 Å². The Morgan fingerprint density at radius 3 is 1.41 bits per heavy atom. The summed E-state index contributed by atoms with van der Waals surface area (Å²) in [4.78, 5) is 79.4. The Kier molecular flexibility index (Phi) is 24.6. The summed E-state index contributed by atoms with van der Waals surface area (Å²) in [6.07, 6.45) is 15.2. The number of carbonyl (C=O) groups is 7. The summed E-state index contributed by atoms with van der Waals surface area (Å²) in [5.41, 5.74) is 0. The molecular formula is C30H52N4O10. The number of aliphatic carboxylic acids is 3. The normalized spacial score (nSPS) is 12.0. The van der Waals surface area contributed by atoms with Crippen LogP contribution in [-0.2, 0) is 33.6 Å². The van der Waals surface area contributed by atoms with E-state index in [1.807, 2.05) is 0 Å². The van der Waals surface area contributed by atoms with Crippen molar-refractivity contribution in [2.45, 2.75) is 134 Å². The summed E-state index contributed by atoms with van der Waals surface area (Å²) in [6.45, 7) is -0.441. The maximum Gasteiger partial charge on any atom is 0.326 e. The van der Waals surface area contributed by atoms with E-state index in [9.17, 15) is 43.8 Å². The van der Waals surface area contributed by atoms with Crippen LogP contribution >= 0.6 is 0 Å². The predicted molar refractivity (Wildman–Crippen MR) is 162 cm³/mol. The molecule has 0 aliphatic heterocycles. The van der Waals surface area contributed by atoms with Crippen molar-refractivity contribution in [3.05, 3.63) is 0 Å². The topological polar surface area (TPSA) is 228 Å². The monoisotopic (exact) mass is 628 g/mol. The second-order valence-corrected chi connectivity index (χ2v) is 10.9. The first kappa shape index (κ1) is 40.3. The second kappa shape index (κ2) is 26.9. The molecule has 0 fully saturated rings. The van der Waals surface area contributed by atoms with Gasteiger partial charge in [-0.1, -0.05) is 77.0 Å². The molecule has 252 valence electrons. The third-order valence-corrected chi connectivity index (χ3v) is 7.07. The van der Waals surface area contributed by atoms with Crippen LogP contribution in [0.1, 0.15) is 122 Å². The Hall–Kier alpha value is -3.71. The van der Waals surface area contributed by atoms with Gasteiger partial charge in [-0.05, 0) is 25.7 Å². The van der Waals surface area contributed by atoms with E-state index in [0.717, 1.165) is 44.9 Å². The van der Waals surface area contributed by atoms with Crippen molar-refractivity contribution in [2.24, 2.45) is 0 Å². The van der Waals surface area contributed by atoms with Crippen molar-refractivity contribution in [1.82, 2.24) is 21.3 Å². The molecule has 0 rings (SSSR count). The number of amides is 4. The van der Waals surface area contributed by atoms with Gasteiger partial charge in [0.25, 0.3) is 0 Å². The Morgan fingerprint density at radius 2 is 0.955 bits per heavy atom. The van der Waals surface area contributed by atoms with Gasteiger partial charge in [-0.2, -0.15) is 0 Å². The zero-order valence-electron chi connectivity index (χ0n) is 25.8. The van der Waals surface area contributed by atoms with E-state index in [1.54, 1.807) is 0 Å². The minimum atomic E-state index is -1.34. The first-order valence-corrected chi connectivity index (χ1v) is 15.8. The fourth-order valence-electron chi connectivity index (χ4n) is 4.56. The van der Waals surface area contributed by atoms with Crippen LogP contribution in [0, 0.1) is 0 Å². The van der Waals surface area contributed by atoms with Crippen LogP contribution in [0.3, 0.4) is 0 Å². The molecular weight excluding hydrogens is 576 g/mol. The second-order valence-electron chi connectivity index (χ2n) is 10.9. The lowest BCUT2D eigenvalue weighted by molar-refractivity contribution is -0.142. The Morgan fingerprint density at radius 1 is 0.523 bits per heavy atom.